The molecule has 0 saturated carbocycles. The van der Waals surface area contributed by atoms with Crippen LogP contribution in [0.5, 0.6) is 0 Å². The van der Waals surface area contributed by atoms with Gasteiger partial charge in [0.15, 0.2) is 0 Å². The fourth-order valence-electron chi connectivity index (χ4n) is 3.58. The molecule has 2 unspecified atom stereocenters. The maximum Gasteiger partial charge on any atom is 0.282 e. The molecule has 3 rings (SSSR count). The lowest BCUT2D eigenvalue weighted by molar-refractivity contribution is -0.129. The highest BCUT2D eigenvalue weighted by Crippen LogP contribution is 2.35. The summed E-state index contributed by atoms with van der Waals surface area (Å²) in [7, 11) is 0. The lowest BCUT2D eigenvalue weighted by Gasteiger charge is -2.27. The maximum absolute atomic E-state index is 15.1. The van der Waals surface area contributed by atoms with Crippen LogP contribution >= 0.6 is 0 Å². The zero-order valence-electron chi connectivity index (χ0n) is 16.0. The van der Waals surface area contributed by atoms with Crippen LogP contribution in [0.15, 0.2) is 54.6 Å². The van der Waals surface area contributed by atoms with Gasteiger partial charge in [0.05, 0.1) is 18.6 Å². The number of rotatable bonds is 5. The van der Waals surface area contributed by atoms with Gasteiger partial charge >= 0.3 is 0 Å². The quantitative estimate of drug-likeness (QED) is 0.594. The highest BCUT2D eigenvalue weighted by molar-refractivity contribution is 5.93. The summed E-state index contributed by atoms with van der Waals surface area (Å²) in [4.78, 5) is 13.5. The molecule has 1 fully saturated rings. The maximum atomic E-state index is 15.1. The zero-order chi connectivity index (χ0) is 21.3. The summed E-state index contributed by atoms with van der Waals surface area (Å²) in [5.41, 5.74) is 6.55. The normalized spacial score (nSPS) is 20.7. The highest BCUT2D eigenvalue weighted by atomic mass is 19.3. The molecule has 1 amide bonds. The van der Waals surface area contributed by atoms with Crippen molar-refractivity contribution < 1.29 is 22.4 Å². The molecule has 2 aromatic rings. The monoisotopic (exact) mass is 406 g/mol. The Kier molecular flexibility index (Phi) is 5.80. The molecular formula is C22H22F4N2O. The van der Waals surface area contributed by atoms with Gasteiger partial charge in [-0.05, 0) is 36.1 Å². The van der Waals surface area contributed by atoms with Crippen LogP contribution in [-0.4, -0.2) is 35.4 Å². The van der Waals surface area contributed by atoms with E-state index in [1.54, 1.807) is 19.1 Å². The average molecular weight is 406 g/mol. The van der Waals surface area contributed by atoms with E-state index in [0.717, 1.165) is 4.90 Å². The number of halogens is 4. The first kappa shape index (κ1) is 21.0. The van der Waals surface area contributed by atoms with Gasteiger partial charge in [0, 0.05) is 11.1 Å². The van der Waals surface area contributed by atoms with E-state index in [4.69, 9.17) is 5.73 Å². The summed E-state index contributed by atoms with van der Waals surface area (Å²) >= 11 is 0. The Morgan fingerprint density at radius 2 is 1.93 bits per heavy atom. The smallest absolute Gasteiger partial charge is 0.282 e. The second-order valence-corrected chi connectivity index (χ2v) is 7.24. The third kappa shape index (κ3) is 4.05. The van der Waals surface area contributed by atoms with Crippen LogP contribution in [0.25, 0.3) is 11.1 Å². The van der Waals surface area contributed by atoms with Crippen LogP contribution in [0.1, 0.15) is 18.9 Å². The number of hydrogen-bond acceptors (Lipinski definition) is 2. The van der Waals surface area contributed by atoms with E-state index in [9.17, 15) is 18.0 Å². The molecule has 1 aliphatic rings. The molecule has 0 bridgehead atoms. The number of carbonyl (C=O) groups is 1. The zero-order valence-corrected chi connectivity index (χ0v) is 16.0. The van der Waals surface area contributed by atoms with Gasteiger partial charge in [-0.1, -0.05) is 43.8 Å². The second-order valence-electron chi connectivity index (χ2n) is 7.24. The minimum Gasteiger partial charge on any atom is -0.328 e. The van der Waals surface area contributed by atoms with Crippen molar-refractivity contribution in [3.63, 3.8) is 0 Å². The van der Waals surface area contributed by atoms with Gasteiger partial charge in [-0.15, -0.1) is 0 Å². The van der Waals surface area contributed by atoms with Crippen molar-refractivity contribution in [1.82, 2.24) is 4.90 Å². The van der Waals surface area contributed by atoms with Gasteiger partial charge in [-0.3, -0.25) is 4.79 Å². The summed E-state index contributed by atoms with van der Waals surface area (Å²) in [6.07, 6.45) is 0.126. The number of nitrogens with zero attached hydrogens (tertiary/aromatic N) is 1. The number of alkyl halides is 2. The Bertz CT molecular complexity index is 944. The molecule has 2 atom stereocenters. The summed E-state index contributed by atoms with van der Waals surface area (Å²) < 4.78 is 57.2. The van der Waals surface area contributed by atoms with Crippen molar-refractivity contribution in [2.24, 2.45) is 5.73 Å². The van der Waals surface area contributed by atoms with E-state index in [-0.39, 0.29) is 23.1 Å². The van der Waals surface area contributed by atoms with Crippen LogP contribution in [-0.2, 0) is 11.2 Å². The van der Waals surface area contributed by atoms with Crippen LogP contribution in [0, 0.1) is 11.6 Å². The molecule has 2 N–H and O–H groups in total. The summed E-state index contributed by atoms with van der Waals surface area (Å²) in [5.74, 6) is -5.06. The lowest BCUT2D eigenvalue weighted by atomic mass is 9.95. The minimum atomic E-state index is -3.29. The van der Waals surface area contributed by atoms with Crippen LogP contribution in [0.2, 0.25) is 0 Å². The lowest BCUT2D eigenvalue weighted by Crippen LogP contribution is -2.47. The number of benzene rings is 2. The third-order valence-electron chi connectivity index (χ3n) is 5.32. The van der Waals surface area contributed by atoms with Crippen LogP contribution < -0.4 is 5.73 Å². The molecule has 0 aromatic heterocycles. The van der Waals surface area contributed by atoms with Gasteiger partial charge in [0.2, 0.25) is 5.91 Å². The SMILES string of the molecule is C=C(CC)C(=O)N1CC(F)(F)C(N)C1Cc1cccc(-c2cccc(F)c2)c1F. The van der Waals surface area contributed by atoms with Crippen molar-refractivity contribution >= 4 is 5.91 Å². The molecule has 7 heteroatoms. The van der Waals surface area contributed by atoms with E-state index in [1.165, 1.54) is 30.3 Å². The van der Waals surface area contributed by atoms with Gasteiger partial charge < -0.3 is 10.6 Å². The van der Waals surface area contributed by atoms with Crippen LogP contribution in [0.4, 0.5) is 17.6 Å². The van der Waals surface area contributed by atoms with E-state index >= 15 is 4.39 Å². The number of likely N-dealkylation sites (tertiary alicyclic amines) is 1. The largest absolute Gasteiger partial charge is 0.328 e. The van der Waals surface area contributed by atoms with Gasteiger partial charge in [0.25, 0.3) is 5.92 Å². The summed E-state index contributed by atoms with van der Waals surface area (Å²) in [6.45, 7) is 4.49. The Morgan fingerprint density at radius 1 is 1.24 bits per heavy atom. The first-order valence-corrected chi connectivity index (χ1v) is 9.31. The van der Waals surface area contributed by atoms with Crippen molar-refractivity contribution in [1.29, 1.82) is 0 Å². The molecule has 29 heavy (non-hydrogen) atoms. The molecule has 0 aliphatic carbocycles. The highest BCUT2D eigenvalue weighted by Gasteiger charge is 2.54. The average Bonchev–Trinajstić information content (AvgIpc) is 2.91. The first-order chi connectivity index (χ1) is 13.7. The summed E-state index contributed by atoms with van der Waals surface area (Å²) in [6, 6.07) is 7.24. The fraction of sp³-hybridized carbons (Fsp3) is 0.318. The van der Waals surface area contributed by atoms with Crippen molar-refractivity contribution in [3.8, 4) is 11.1 Å². The molecule has 1 saturated heterocycles. The predicted octanol–water partition coefficient (Wildman–Crippen LogP) is 4.31. The molecule has 0 spiro atoms. The number of hydrogen-bond donors (Lipinski definition) is 1. The standard InChI is InChI=1S/C22H22F4N2O/c1-3-13(2)21(29)28-12-22(25,26)20(27)18(28)11-15-7-5-9-17(19(15)24)14-6-4-8-16(23)10-14/h4-10,18,20H,2-3,11-12,27H2,1H3. The van der Waals surface area contributed by atoms with Gasteiger partial charge in [-0.2, -0.15) is 0 Å². The first-order valence-electron chi connectivity index (χ1n) is 9.31. The Labute approximate surface area is 166 Å². The Balaban J connectivity index is 1.96. The van der Waals surface area contributed by atoms with E-state index in [0.29, 0.717) is 12.0 Å². The Hall–Kier alpha value is -2.67. The van der Waals surface area contributed by atoms with Gasteiger partial charge in [0.1, 0.15) is 11.6 Å². The number of carbonyl (C=O) groups excluding carboxylic acids is 1. The molecular weight excluding hydrogens is 384 g/mol. The molecule has 1 aliphatic heterocycles. The van der Waals surface area contributed by atoms with Crippen LogP contribution in [0.3, 0.4) is 0 Å². The van der Waals surface area contributed by atoms with E-state index < -0.39 is 42.1 Å². The number of amides is 1. The molecule has 2 aromatic carbocycles. The molecule has 3 nitrogen and oxygen atoms in total. The summed E-state index contributed by atoms with van der Waals surface area (Å²) in [5, 5.41) is 0. The molecule has 0 radical (unpaired) electrons. The van der Waals surface area contributed by atoms with E-state index in [2.05, 4.69) is 6.58 Å². The number of nitrogens with two attached hydrogens (primary N) is 1. The van der Waals surface area contributed by atoms with Gasteiger partial charge in [-0.25, -0.2) is 17.6 Å². The third-order valence-corrected chi connectivity index (χ3v) is 5.32. The van der Waals surface area contributed by atoms with E-state index in [1.807, 2.05) is 0 Å². The second kappa shape index (κ2) is 7.99. The predicted molar refractivity (Wildman–Crippen MR) is 103 cm³/mol. The minimum absolute atomic E-state index is 0.129. The van der Waals surface area contributed by atoms with Crippen molar-refractivity contribution in [2.45, 2.75) is 37.8 Å². The van der Waals surface area contributed by atoms with Crippen molar-refractivity contribution in [3.05, 3.63) is 71.8 Å². The van der Waals surface area contributed by atoms with Crippen molar-refractivity contribution in [2.75, 3.05) is 6.54 Å². The Morgan fingerprint density at radius 3 is 2.59 bits per heavy atom. The molecule has 1 heterocycles. The fourth-order valence-corrected chi connectivity index (χ4v) is 3.58. The topological polar surface area (TPSA) is 46.3 Å². The molecule has 154 valence electrons.